The summed E-state index contributed by atoms with van der Waals surface area (Å²) in [4.78, 5) is 5.38. The highest BCUT2D eigenvalue weighted by Gasteiger charge is 2.32. The quantitative estimate of drug-likeness (QED) is 0.875. The third-order valence-electron chi connectivity index (χ3n) is 3.10. The Morgan fingerprint density at radius 1 is 1.30 bits per heavy atom. The fraction of sp³-hybridized carbons (Fsp3) is 0.643. The van der Waals surface area contributed by atoms with Gasteiger partial charge in [-0.05, 0) is 38.3 Å². The summed E-state index contributed by atoms with van der Waals surface area (Å²) in [5, 5.41) is 0. The van der Waals surface area contributed by atoms with Gasteiger partial charge in [0.2, 0.25) is 0 Å². The van der Waals surface area contributed by atoms with Crippen molar-refractivity contribution < 1.29 is 13.2 Å². The number of nitrogens with two attached hydrogens (primary N) is 1. The standard InChI is InChI=1S/C14H22F3N3/c1-4-12(18)7-11-5-6-13(19-8-11)20(10(2)3)9-14(15,16)17/h5-6,8,10,12H,4,7,9,18H2,1-3H3. The van der Waals surface area contributed by atoms with Crippen LogP contribution < -0.4 is 10.6 Å². The highest BCUT2D eigenvalue weighted by Crippen LogP contribution is 2.23. The van der Waals surface area contributed by atoms with Gasteiger partial charge in [-0.15, -0.1) is 0 Å². The Bertz CT molecular complexity index is 401. The zero-order valence-corrected chi connectivity index (χ0v) is 12.1. The average Bonchev–Trinajstić information content (AvgIpc) is 2.35. The molecule has 3 nitrogen and oxygen atoms in total. The molecule has 0 aliphatic heterocycles. The monoisotopic (exact) mass is 289 g/mol. The average molecular weight is 289 g/mol. The van der Waals surface area contributed by atoms with Crippen LogP contribution in [0, 0.1) is 0 Å². The summed E-state index contributed by atoms with van der Waals surface area (Å²) in [7, 11) is 0. The van der Waals surface area contributed by atoms with E-state index in [1.54, 1.807) is 32.2 Å². The van der Waals surface area contributed by atoms with Crippen LogP contribution in [-0.4, -0.2) is 29.8 Å². The molecule has 1 rings (SSSR count). The van der Waals surface area contributed by atoms with Crippen molar-refractivity contribution in [3.63, 3.8) is 0 Å². The SMILES string of the molecule is CCC(N)Cc1ccc(N(CC(F)(F)F)C(C)C)nc1. The molecule has 0 radical (unpaired) electrons. The van der Waals surface area contributed by atoms with Crippen LogP contribution in [0.1, 0.15) is 32.8 Å². The predicted octanol–water partition coefficient (Wildman–Crippen LogP) is 3.14. The maximum absolute atomic E-state index is 12.6. The first-order chi connectivity index (χ1) is 9.23. The molecule has 6 heteroatoms. The first-order valence-electron chi connectivity index (χ1n) is 6.76. The van der Waals surface area contributed by atoms with Gasteiger partial charge >= 0.3 is 6.18 Å². The topological polar surface area (TPSA) is 42.1 Å². The minimum absolute atomic E-state index is 0.0547. The van der Waals surface area contributed by atoms with E-state index in [0.29, 0.717) is 12.2 Å². The normalized spacial score (nSPS) is 13.6. The lowest BCUT2D eigenvalue weighted by atomic mass is 10.1. The number of rotatable bonds is 6. The zero-order chi connectivity index (χ0) is 15.3. The molecule has 0 bridgehead atoms. The first-order valence-corrected chi connectivity index (χ1v) is 6.76. The van der Waals surface area contributed by atoms with Gasteiger partial charge in [0, 0.05) is 18.3 Å². The van der Waals surface area contributed by atoms with Crippen LogP contribution in [0.3, 0.4) is 0 Å². The van der Waals surface area contributed by atoms with E-state index in [0.717, 1.165) is 12.0 Å². The Morgan fingerprint density at radius 3 is 2.35 bits per heavy atom. The number of anilines is 1. The van der Waals surface area contributed by atoms with Gasteiger partial charge in [0.05, 0.1) is 0 Å². The van der Waals surface area contributed by atoms with Crippen LogP contribution in [0.25, 0.3) is 0 Å². The van der Waals surface area contributed by atoms with Gasteiger partial charge in [-0.3, -0.25) is 0 Å². The van der Waals surface area contributed by atoms with E-state index in [4.69, 9.17) is 5.73 Å². The molecule has 0 fully saturated rings. The highest BCUT2D eigenvalue weighted by atomic mass is 19.4. The molecule has 0 spiro atoms. The van der Waals surface area contributed by atoms with Gasteiger partial charge < -0.3 is 10.6 Å². The van der Waals surface area contributed by atoms with E-state index in [1.807, 2.05) is 6.92 Å². The third-order valence-corrected chi connectivity index (χ3v) is 3.10. The second-order valence-electron chi connectivity index (χ2n) is 5.23. The highest BCUT2D eigenvalue weighted by molar-refractivity contribution is 5.40. The van der Waals surface area contributed by atoms with Crippen molar-refractivity contribution in [2.45, 2.75) is 51.9 Å². The lowest BCUT2D eigenvalue weighted by molar-refractivity contribution is -0.120. The Labute approximate surface area is 118 Å². The van der Waals surface area contributed by atoms with E-state index in [-0.39, 0.29) is 12.1 Å². The van der Waals surface area contributed by atoms with Crippen LogP contribution in [-0.2, 0) is 6.42 Å². The molecule has 0 saturated heterocycles. The van der Waals surface area contributed by atoms with Crippen molar-refractivity contribution in [2.24, 2.45) is 5.73 Å². The molecule has 2 N–H and O–H groups in total. The second-order valence-corrected chi connectivity index (χ2v) is 5.23. The number of aromatic nitrogens is 1. The summed E-state index contributed by atoms with van der Waals surface area (Å²) in [6, 6.07) is 3.21. The van der Waals surface area contributed by atoms with Crippen LogP contribution >= 0.6 is 0 Å². The minimum atomic E-state index is -4.24. The van der Waals surface area contributed by atoms with Gasteiger partial charge in [0.1, 0.15) is 12.4 Å². The fourth-order valence-corrected chi connectivity index (χ4v) is 1.88. The molecule has 0 amide bonds. The Balaban J connectivity index is 2.83. The largest absolute Gasteiger partial charge is 0.405 e. The van der Waals surface area contributed by atoms with Gasteiger partial charge in [-0.25, -0.2) is 4.98 Å². The number of pyridine rings is 1. The molecule has 0 aliphatic carbocycles. The number of alkyl halides is 3. The van der Waals surface area contributed by atoms with Gasteiger partial charge in [-0.2, -0.15) is 13.2 Å². The zero-order valence-electron chi connectivity index (χ0n) is 12.1. The smallest absolute Gasteiger partial charge is 0.345 e. The molecule has 1 atom stereocenters. The van der Waals surface area contributed by atoms with E-state index in [9.17, 15) is 13.2 Å². The lowest BCUT2D eigenvalue weighted by Crippen LogP contribution is -2.39. The molecule has 1 aromatic heterocycles. The van der Waals surface area contributed by atoms with Crippen LogP contribution in [0.4, 0.5) is 19.0 Å². The van der Waals surface area contributed by atoms with Crippen molar-refractivity contribution in [1.82, 2.24) is 4.98 Å². The lowest BCUT2D eigenvalue weighted by Gasteiger charge is -2.28. The Kier molecular flexibility index (Phi) is 5.80. The van der Waals surface area contributed by atoms with E-state index >= 15 is 0 Å². The molecular weight excluding hydrogens is 267 g/mol. The Hall–Kier alpha value is -1.30. The molecule has 0 aliphatic rings. The summed E-state index contributed by atoms with van der Waals surface area (Å²) < 4.78 is 37.7. The molecule has 114 valence electrons. The summed E-state index contributed by atoms with van der Waals surface area (Å²) in [5.41, 5.74) is 6.79. The number of nitrogens with zero attached hydrogens (tertiary/aromatic N) is 2. The van der Waals surface area contributed by atoms with Gasteiger partial charge in [0.15, 0.2) is 0 Å². The minimum Gasteiger partial charge on any atom is -0.345 e. The Morgan fingerprint density at radius 2 is 1.95 bits per heavy atom. The van der Waals surface area contributed by atoms with Crippen molar-refractivity contribution in [2.75, 3.05) is 11.4 Å². The van der Waals surface area contributed by atoms with Crippen molar-refractivity contribution in [3.05, 3.63) is 23.9 Å². The molecule has 20 heavy (non-hydrogen) atoms. The van der Waals surface area contributed by atoms with E-state index in [2.05, 4.69) is 4.98 Å². The number of hydrogen-bond donors (Lipinski definition) is 1. The summed E-state index contributed by atoms with van der Waals surface area (Å²) in [5.74, 6) is 0.339. The molecule has 1 aromatic rings. The predicted molar refractivity (Wildman–Crippen MR) is 74.7 cm³/mol. The number of halogens is 3. The van der Waals surface area contributed by atoms with Gasteiger partial charge in [0.25, 0.3) is 0 Å². The van der Waals surface area contributed by atoms with Gasteiger partial charge in [-0.1, -0.05) is 13.0 Å². The van der Waals surface area contributed by atoms with Crippen molar-refractivity contribution >= 4 is 5.82 Å². The van der Waals surface area contributed by atoms with E-state index in [1.165, 1.54) is 4.90 Å². The van der Waals surface area contributed by atoms with Crippen LogP contribution in [0.5, 0.6) is 0 Å². The maximum Gasteiger partial charge on any atom is 0.405 e. The maximum atomic E-state index is 12.6. The third kappa shape index (κ3) is 5.36. The first kappa shape index (κ1) is 16.8. The molecular formula is C14H22F3N3. The van der Waals surface area contributed by atoms with Crippen molar-refractivity contribution in [3.8, 4) is 0 Å². The molecule has 1 heterocycles. The summed E-state index contributed by atoms with van der Waals surface area (Å²) in [6.07, 6.45) is -1.09. The second kappa shape index (κ2) is 6.92. The molecule has 1 unspecified atom stereocenters. The van der Waals surface area contributed by atoms with E-state index < -0.39 is 12.7 Å². The number of hydrogen-bond acceptors (Lipinski definition) is 3. The van der Waals surface area contributed by atoms with Crippen LogP contribution in [0.2, 0.25) is 0 Å². The summed E-state index contributed by atoms with van der Waals surface area (Å²) in [6.45, 7) is 4.43. The molecule has 0 saturated carbocycles. The summed E-state index contributed by atoms with van der Waals surface area (Å²) >= 11 is 0. The van der Waals surface area contributed by atoms with Crippen molar-refractivity contribution in [1.29, 1.82) is 0 Å². The van der Waals surface area contributed by atoms with Crippen LogP contribution in [0.15, 0.2) is 18.3 Å². The fourth-order valence-electron chi connectivity index (χ4n) is 1.88. The molecule has 0 aromatic carbocycles.